The van der Waals surface area contributed by atoms with Crippen LogP contribution in [0, 0.1) is 0 Å². The summed E-state index contributed by atoms with van der Waals surface area (Å²) in [5.41, 5.74) is 9.53. The van der Waals surface area contributed by atoms with Crippen LogP contribution in [-0.4, -0.2) is 46.0 Å². The predicted molar refractivity (Wildman–Crippen MR) is 138 cm³/mol. The molecule has 7 heteroatoms. The number of carbonyl (C=O) groups excluding carboxylic acids is 1. The molecule has 2 N–H and O–H groups in total. The minimum Gasteiger partial charge on any atom is -0.495 e. The third-order valence-corrected chi connectivity index (χ3v) is 8.06. The fraction of sp³-hybridized carbons (Fsp3) is 0.321. The highest BCUT2D eigenvalue weighted by Gasteiger charge is 2.23. The Bertz CT molecular complexity index is 1300. The molecule has 6 nitrogen and oxygen atoms in total. The molecular formula is C28H32N2O4S. The van der Waals surface area contributed by atoms with Gasteiger partial charge in [-0.3, -0.25) is 4.79 Å². The number of nitrogens with zero attached hydrogens (tertiary/aromatic N) is 1. The lowest BCUT2D eigenvalue weighted by atomic mass is 10.0. The molecular weight excluding hydrogens is 460 g/mol. The molecule has 0 bridgehead atoms. The van der Waals surface area contributed by atoms with Crippen LogP contribution in [0.2, 0.25) is 0 Å². The normalized spacial score (nSPS) is 13.7. The third kappa shape index (κ3) is 5.92. The van der Waals surface area contributed by atoms with E-state index in [1.807, 2.05) is 59.5 Å². The van der Waals surface area contributed by atoms with Gasteiger partial charge in [0.15, 0.2) is 9.84 Å². The molecule has 0 unspecified atom stereocenters. The largest absolute Gasteiger partial charge is 0.495 e. The van der Waals surface area contributed by atoms with Crippen molar-refractivity contribution in [3.05, 3.63) is 83.4 Å². The number of amides is 1. The molecule has 1 aliphatic rings. The number of likely N-dealkylation sites (tertiary alicyclic amines) is 1. The van der Waals surface area contributed by atoms with Crippen LogP contribution in [0.5, 0.6) is 5.75 Å². The standard InChI is InChI=1S/C28H32N2O4S/c1-34-26-13-12-24(23-10-5-11-25(18-23)28(31)30-15-2-3-16-30)19-27(26)35(32,33)20-22-8-4-7-21(17-22)9-6-14-29/h4-5,7-8,10-13,17-19H,2-3,6,9,14-16,20,29H2,1H3. The van der Waals surface area contributed by atoms with Crippen LogP contribution >= 0.6 is 0 Å². The summed E-state index contributed by atoms with van der Waals surface area (Å²) in [5, 5.41) is 0. The summed E-state index contributed by atoms with van der Waals surface area (Å²) >= 11 is 0. The first kappa shape index (κ1) is 24.9. The Hall–Kier alpha value is -3.16. The summed E-state index contributed by atoms with van der Waals surface area (Å²) in [6.07, 6.45) is 3.73. The maximum Gasteiger partial charge on any atom is 0.253 e. The Morgan fingerprint density at radius 2 is 1.66 bits per heavy atom. The number of methoxy groups -OCH3 is 1. The Morgan fingerprint density at radius 3 is 2.40 bits per heavy atom. The number of nitrogens with two attached hydrogens (primary N) is 1. The van der Waals surface area contributed by atoms with E-state index in [-0.39, 0.29) is 16.6 Å². The molecule has 3 aromatic carbocycles. The number of ether oxygens (including phenoxy) is 1. The van der Waals surface area contributed by atoms with Crippen LogP contribution in [0.1, 0.15) is 40.7 Å². The van der Waals surface area contributed by atoms with Crippen LogP contribution in [-0.2, 0) is 22.0 Å². The van der Waals surface area contributed by atoms with Crippen molar-refractivity contribution in [2.75, 3.05) is 26.7 Å². The van der Waals surface area contributed by atoms with E-state index in [1.54, 1.807) is 12.1 Å². The van der Waals surface area contributed by atoms with Gasteiger partial charge in [-0.1, -0.05) is 42.5 Å². The fourth-order valence-electron chi connectivity index (χ4n) is 4.51. The molecule has 0 aliphatic carbocycles. The van der Waals surface area contributed by atoms with E-state index in [4.69, 9.17) is 10.5 Å². The molecule has 1 saturated heterocycles. The monoisotopic (exact) mass is 492 g/mol. The van der Waals surface area contributed by atoms with Gasteiger partial charge in [0.05, 0.1) is 12.9 Å². The number of sulfone groups is 1. The number of aryl methyl sites for hydroxylation is 1. The van der Waals surface area contributed by atoms with Gasteiger partial charge in [0.2, 0.25) is 0 Å². The minimum atomic E-state index is -3.69. The molecule has 1 fully saturated rings. The van der Waals surface area contributed by atoms with Crippen LogP contribution in [0.3, 0.4) is 0 Å². The number of hydrogen-bond donors (Lipinski definition) is 1. The zero-order chi connectivity index (χ0) is 24.8. The highest BCUT2D eigenvalue weighted by molar-refractivity contribution is 7.90. The van der Waals surface area contributed by atoms with Gasteiger partial charge in [-0.2, -0.15) is 0 Å². The summed E-state index contributed by atoms with van der Waals surface area (Å²) in [5.74, 6) is 0.189. The van der Waals surface area contributed by atoms with Gasteiger partial charge in [0.25, 0.3) is 5.91 Å². The molecule has 1 heterocycles. The van der Waals surface area contributed by atoms with Crippen molar-refractivity contribution in [1.82, 2.24) is 4.90 Å². The first-order valence-corrected chi connectivity index (χ1v) is 13.6. The van der Waals surface area contributed by atoms with E-state index in [0.29, 0.717) is 17.9 Å². The number of carbonyl (C=O) groups is 1. The predicted octanol–water partition coefficient (Wildman–Crippen LogP) is 4.46. The second-order valence-electron chi connectivity index (χ2n) is 8.92. The average molecular weight is 493 g/mol. The number of rotatable bonds is 9. The summed E-state index contributed by atoms with van der Waals surface area (Å²) in [6.45, 7) is 2.15. The van der Waals surface area contributed by atoms with Crippen molar-refractivity contribution in [3.8, 4) is 16.9 Å². The van der Waals surface area contributed by atoms with E-state index in [9.17, 15) is 13.2 Å². The zero-order valence-corrected chi connectivity index (χ0v) is 20.9. The lowest BCUT2D eigenvalue weighted by Crippen LogP contribution is -2.27. The van der Waals surface area contributed by atoms with Crippen LogP contribution in [0.15, 0.2) is 71.6 Å². The number of benzene rings is 3. The zero-order valence-electron chi connectivity index (χ0n) is 20.1. The maximum absolute atomic E-state index is 13.5. The van der Waals surface area contributed by atoms with E-state index in [0.717, 1.165) is 61.0 Å². The lowest BCUT2D eigenvalue weighted by Gasteiger charge is -2.16. The molecule has 4 rings (SSSR count). The molecule has 184 valence electrons. The van der Waals surface area contributed by atoms with Gasteiger partial charge in [0, 0.05) is 18.7 Å². The lowest BCUT2D eigenvalue weighted by molar-refractivity contribution is 0.0793. The Balaban J connectivity index is 1.64. The summed E-state index contributed by atoms with van der Waals surface area (Å²) in [4.78, 5) is 14.9. The van der Waals surface area contributed by atoms with Crippen LogP contribution < -0.4 is 10.5 Å². The van der Waals surface area contributed by atoms with Crippen molar-refractivity contribution in [2.24, 2.45) is 5.73 Å². The van der Waals surface area contributed by atoms with Crippen molar-refractivity contribution < 1.29 is 17.9 Å². The molecule has 0 atom stereocenters. The molecule has 1 aliphatic heterocycles. The first-order valence-electron chi connectivity index (χ1n) is 12.0. The Kier molecular flexibility index (Phi) is 7.88. The summed E-state index contributed by atoms with van der Waals surface area (Å²) in [6, 6.07) is 20.1. The fourth-order valence-corrected chi connectivity index (χ4v) is 6.05. The van der Waals surface area contributed by atoms with Gasteiger partial charge in [-0.25, -0.2) is 8.42 Å². The number of hydrogen-bond acceptors (Lipinski definition) is 5. The van der Waals surface area contributed by atoms with Crippen molar-refractivity contribution >= 4 is 15.7 Å². The second kappa shape index (κ2) is 11.1. The van der Waals surface area contributed by atoms with Crippen LogP contribution in [0.4, 0.5) is 0 Å². The smallest absolute Gasteiger partial charge is 0.253 e. The molecule has 0 radical (unpaired) electrons. The van der Waals surface area contributed by atoms with Gasteiger partial charge >= 0.3 is 0 Å². The molecule has 1 amide bonds. The minimum absolute atomic E-state index is 0.0141. The van der Waals surface area contributed by atoms with Gasteiger partial charge in [-0.05, 0) is 78.7 Å². The molecule has 0 aromatic heterocycles. The van der Waals surface area contributed by atoms with Crippen LogP contribution in [0.25, 0.3) is 11.1 Å². The topological polar surface area (TPSA) is 89.7 Å². The highest BCUT2D eigenvalue weighted by Crippen LogP contribution is 2.32. The molecule has 35 heavy (non-hydrogen) atoms. The van der Waals surface area contributed by atoms with Crippen molar-refractivity contribution in [1.29, 1.82) is 0 Å². The van der Waals surface area contributed by atoms with E-state index in [2.05, 4.69) is 0 Å². The van der Waals surface area contributed by atoms with Gasteiger partial charge in [0.1, 0.15) is 10.6 Å². The Morgan fingerprint density at radius 1 is 0.943 bits per heavy atom. The quantitative estimate of drug-likeness (QED) is 0.476. The SMILES string of the molecule is COc1ccc(-c2cccc(C(=O)N3CCCC3)c2)cc1S(=O)(=O)Cc1cccc(CCCN)c1. The third-order valence-electron chi connectivity index (χ3n) is 6.35. The Labute approximate surface area is 207 Å². The molecule has 0 spiro atoms. The maximum atomic E-state index is 13.5. The van der Waals surface area contributed by atoms with Gasteiger partial charge in [-0.15, -0.1) is 0 Å². The summed E-state index contributed by atoms with van der Waals surface area (Å²) < 4.78 is 32.4. The first-order chi connectivity index (χ1) is 16.9. The average Bonchev–Trinajstić information content (AvgIpc) is 3.42. The highest BCUT2D eigenvalue weighted by atomic mass is 32.2. The second-order valence-corrected chi connectivity index (χ2v) is 10.9. The molecule has 3 aromatic rings. The molecule has 0 saturated carbocycles. The van der Waals surface area contributed by atoms with E-state index >= 15 is 0 Å². The van der Waals surface area contributed by atoms with E-state index in [1.165, 1.54) is 7.11 Å². The van der Waals surface area contributed by atoms with E-state index < -0.39 is 9.84 Å². The van der Waals surface area contributed by atoms with Crippen molar-refractivity contribution in [2.45, 2.75) is 36.3 Å². The summed E-state index contributed by atoms with van der Waals surface area (Å²) in [7, 11) is -2.22. The van der Waals surface area contributed by atoms with Crippen molar-refractivity contribution in [3.63, 3.8) is 0 Å². The van der Waals surface area contributed by atoms with Gasteiger partial charge < -0.3 is 15.4 Å².